The smallest absolute Gasteiger partial charge is 0.416 e. The standard InChI is InChI=1S/C14H9F3N4S/c15-14(16,17)10-4-2-1-3-7(10)11-8(5-18)12(20)21-13(22)9(11)6-19/h1-4,8,11,22H,(H2,20,21)/p-1/t8?,11-/m1/s1. The zero-order valence-electron chi connectivity index (χ0n) is 10.9. The van der Waals surface area contributed by atoms with Crippen molar-refractivity contribution in [3.05, 3.63) is 46.0 Å². The molecular formula is C14H8F3N4S-. The van der Waals surface area contributed by atoms with Crippen molar-refractivity contribution in [2.24, 2.45) is 16.6 Å². The predicted molar refractivity (Wildman–Crippen MR) is 74.9 cm³/mol. The molecule has 0 spiro atoms. The van der Waals surface area contributed by atoms with Crippen LogP contribution in [0.25, 0.3) is 0 Å². The van der Waals surface area contributed by atoms with Gasteiger partial charge in [-0.2, -0.15) is 23.7 Å². The third-order valence-corrected chi connectivity index (χ3v) is 3.60. The first-order valence-electron chi connectivity index (χ1n) is 6.02. The molecular weight excluding hydrogens is 313 g/mol. The van der Waals surface area contributed by atoms with E-state index in [-0.39, 0.29) is 22.0 Å². The van der Waals surface area contributed by atoms with Crippen LogP contribution in [-0.2, 0) is 18.8 Å². The van der Waals surface area contributed by atoms with Crippen LogP contribution in [0.5, 0.6) is 0 Å². The molecule has 1 aromatic carbocycles. The number of benzene rings is 1. The fraction of sp³-hybridized carbons (Fsp3) is 0.214. The highest BCUT2D eigenvalue weighted by molar-refractivity contribution is 7.63. The summed E-state index contributed by atoms with van der Waals surface area (Å²) in [4.78, 5) is 3.72. The molecule has 112 valence electrons. The average Bonchev–Trinajstić information content (AvgIpc) is 2.45. The maximum atomic E-state index is 13.2. The van der Waals surface area contributed by atoms with Crippen LogP contribution in [0.15, 0.2) is 39.9 Å². The Kier molecular flexibility index (Phi) is 4.07. The molecule has 1 aliphatic rings. The summed E-state index contributed by atoms with van der Waals surface area (Å²) < 4.78 is 39.6. The largest absolute Gasteiger partial charge is 0.759 e. The highest BCUT2D eigenvalue weighted by atomic mass is 32.1. The van der Waals surface area contributed by atoms with E-state index in [9.17, 15) is 23.7 Å². The van der Waals surface area contributed by atoms with E-state index >= 15 is 0 Å². The molecule has 2 rings (SSSR count). The van der Waals surface area contributed by atoms with E-state index in [2.05, 4.69) is 4.99 Å². The van der Waals surface area contributed by atoms with Crippen LogP contribution >= 0.6 is 0 Å². The van der Waals surface area contributed by atoms with E-state index in [1.165, 1.54) is 18.2 Å². The van der Waals surface area contributed by atoms with Crippen molar-refractivity contribution in [1.82, 2.24) is 0 Å². The molecule has 22 heavy (non-hydrogen) atoms. The Hall–Kier alpha value is -2.58. The van der Waals surface area contributed by atoms with Crippen molar-refractivity contribution in [1.29, 1.82) is 10.5 Å². The van der Waals surface area contributed by atoms with E-state index in [1.54, 1.807) is 6.07 Å². The Morgan fingerprint density at radius 3 is 2.41 bits per heavy atom. The quantitative estimate of drug-likeness (QED) is 0.806. The Morgan fingerprint density at radius 2 is 1.86 bits per heavy atom. The summed E-state index contributed by atoms with van der Waals surface area (Å²) in [6, 6.07) is 8.32. The van der Waals surface area contributed by atoms with Crippen LogP contribution in [0.4, 0.5) is 13.2 Å². The molecule has 1 unspecified atom stereocenters. The van der Waals surface area contributed by atoms with Gasteiger partial charge in [0, 0.05) is 11.5 Å². The van der Waals surface area contributed by atoms with Crippen molar-refractivity contribution in [3.8, 4) is 12.1 Å². The highest BCUT2D eigenvalue weighted by Crippen LogP contribution is 2.42. The van der Waals surface area contributed by atoms with Crippen molar-refractivity contribution in [2.45, 2.75) is 12.1 Å². The lowest BCUT2D eigenvalue weighted by molar-refractivity contribution is -0.138. The number of nitriles is 2. The van der Waals surface area contributed by atoms with Gasteiger partial charge in [0.2, 0.25) is 0 Å². The normalized spacial score (nSPS) is 21.8. The second-order valence-corrected chi connectivity index (χ2v) is 4.92. The minimum Gasteiger partial charge on any atom is -0.759 e. The molecule has 0 fully saturated rings. The summed E-state index contributed by atoms with van der Waals surface area (Å²) in [5.74, 6) is -2.55. The van der Waals surface area contributed by atoms with E-state index in [0.717, 1.165) is 6.07 Å². The molecule has 0 radical (unpaired) electrons. The number of nitrogens with zero attached hydrogens (tertiary/aromatic N) is 3. The summed E-state index contributed by atoms with van der Waals surface area (Å²) in [6.45, 7) is 0. The molecule has 1 aromatic rings. The number of amidine groups is 1. The lowest BCUT2D eigenvalue weighted by Gasteiger charge is -2.31. The Labute approximate surface area is 129 Å². The number of allylic oxidation sites excluding steroid dienone is 1. The number of aliphatic imine (C=N–C) groups is 1. The van der Waals surface area contributed by atoms with Crippen molar-refractivity contribution in [3.63, 3.8) is 0 Å². The van der Waals surface area contributed by atoms with Gasteiger partial charge in [-0.25, -0.2) is 0 Å². The van der Waals surface area contributed by atoms with Gasteiger partial charge in [-0.1, -0.05) is 23.2 Å². The van der Waals surface area contributed by atoms with Crippen LogP contribution in [-0.4, -0.2) is 5.84 Å². The first-order valence-corrected chi connectivity index (χ1v) is 6.43. The van der Waals surface area contributed by atoms with E-state index < -0.39 is 23.6 Å². The maximum absolute atomic E-state index is 13.2. The van der Waals surface area contributed by atoms with Gasteiger partial charge < -0.3 is 18.4 Å². The molecule has 1 heterocycles. The first kappa shape index (κ1) is 15.8. The fourth-order valence-electron chi connectivity index (χ4n) is 2.34. The summed E-state index contributed by atoms with van der Waals surface area (Å²) in [5, 5.41) is 18.3. The average molecular weight is 321 g/mol. The third-order valence-electron chi connectivity index (χ3n) is 3.28. The monoisotopic (exact) mass is 321 g/mol. The summed E-state index contributed by atoms with van der Waals surface area (Å²) in [5.41, 5.74) is 4.32. The molecule has 0 aliphatic carbocycles. The van der Waals surface area contributed by atoms with Gasteiger partial charge in [-0.15, -0.1) is 0 Å². The van der Waals surface area contributed by atoms with Gasteiger partial charge in [0.05, 0.1) is 17.7 Å². The molecule has 1 aliphatic heterocycles. The minimum atomic E-state index is -4.62. The number of hydrogen-bond donors (Lipinski definition) is 1. The molecule has 0 saturated carbocycles. The van der Waals surface area contributed by atoms with Crippen LogP contribution < -0.4 is 5.73 Å². The topological polar surface area (TPSA) is 86.0 Å². The number of rotatable bonds is 1. The van der Waals surface area contributed by atoms with Gasteiger partial charge in [0.1, 0.15) is 11.8 Å². The summed E-state index contributed by atoms with van der Waals surface area (Å²) >= 11 is 4.90. The molecule has 0 aromatic heterocycles. The van der Waals surface area contributed by atoms with Gasteiger partial charge >= 0.3 is 6.18 Å². The Bertz CT molecular complexity index is 753. The number of hydrogen-bond acceptors (Lipinski definition) is 5. The zero-order valence-corrected chi connectivity index (χ0v) is 11.7. The number of alkyl halides is 3. The second kappa shape index (κ2) is 5.66. The Morgan fingerprint density at radius 1 is 1.23 bits per heavy atom. The second-order valence-electron chi connectivity index (χ2n) is 4.54. The minimum absolute atomic E-state index is 0.160. The Balaban J connectivity index is 2.73. The predicted octanol–water partition coefficient (Wildman–Crippen LogP) is 2.58. The van der Waals surface area contributed by atoms with E-state index in [1.807, 2.05) is 6.07 Å². The maximum Gasteiger partial charge on any atom is 0.416 e. The van der Waals surface area contributed by atoms with Gasteiger partial charge in [-0.05, 0) is 11.6 Å². The van der Waals surface area contributed by atoms with Gasteiger partial charge in [-0.3, -0.25) is 4.99 Å². The van der Waals surface area contributed by atoms with Crippen LogP contribution in [0.2, 0.25) is 0 Å². The van der Waals surface area contributed by atoms with Crippen molar-refractivity contribution in [2.75, 3.05) is 0 Å². The molecule has 0 bridgehead atoms. The lowest BCUT2D eigenvalue weighted by Crippen LogP contribution is -2.33. The van der Waals surface area contributed by atoms with E-state index in [4.69, 9.17) is 18.4 Å². The van der Waals surface area contributed by atoms with E-state index in [0.29, 0.717) is 0 Å². The van der Waals surface area contributed by atoms with Gasteiger partial charge in [0.25, 0.3) is 0 Å². The van der Waals surface area contributed by atoms with Crippen molar-refractivity contribution >= 4 is 18.5 Å². The molecule has 2 atom stereocenters. The molecule has 2 N–H and O–H groups in total. The van der Waals surface area contributed by atoms with Crippen LogP contribution in [0, 0.1) is 28.6 Å². The number of halogens is 3. The molecule has 0 saturated heterocycles. The van der Waals surface area contributed by atoms with Crippen molar-refractivity contribution < 1.29 is 13.2 Å². The fourth-order valence-corrected chi connectivity index (χ4v) is 2.61. The van der Waals surface area contributed by atoms with Crippen LogP contribution in [0.1, 0.15) is 17.0 Å². The number of nitrogens with two attached hydrogens (primary N) is 1. The summed E-state index contributed by atoms with van der Waals surface area (Å²) in [6.07, 6.45) is -4.62. The van der Waals surface area contributed by atoms with Crippen LogP contribution in [0.3, 0.4) is 0 Å². The molecule has 0 amide bonds. The SMILES string of the molecule is N#CC1=C([S-])N=C(N)C(C#N)[C@H]1c1ccccc1C(F)(F)F. The van der Waals surface area contributed by atoms with Gasteiger partial charge in [0.15, 0.2) is 0 Å². The zero-order chi connectivity index (χ0) is 16.5. The third kappa shape index (κ3) is 2.61. The summed E-state index contributed by atoms with van der Waals surface area (Å²) in [7, 11) is 0. The lowest BCUT2D eigenvalue weighted by atomic mass is 9.78. The molecule has 4 nitrogen and oxygen atoms in total. The molecule has 8 heteroatoms. The first-order chi connectivity index (χ1) is 10.3. The highest BCUT2D eigenvalue weighted by Gasteiger charge is 2.40.